The number of amides is 1. The first-order valence-electron chi connectivity index (χ1n) is 6.43. The lowest BCUT2D eigenvalue weighted by molar-refractivity contribution is -0.120. The third kappa shape index (κ3) is 5.07. The van der Waals surface area contributed by atoms with Crippen molar-refractivity contribution in [2.45, 2.75) is 19.8 Å². The lowest BCUT2D eigenvalue weighted by Crippen LogP contribution is -2.25. The normalized spacial score (nSPS) is 9.84. The first-order chi connectivity index (χ1) is 9.21. The fourth-order valence-corrected chi connectivity index (χ4v) is 1.62. The first-order valence-corrected chi connectivity index (χ1v) is 6.43. The second-order valence-electron chi connectivity index (χ2n) is 4.09. The molecule has 1 amide bonds. The van der Waals surface area contributed by atoms with Gasteiger partial charge in [-0.25, -0.2) is 0 Å². The Bertz CT molecular complexity index is 408. The minimum Gasteiger partial charge on any atom is -0.497 e. The Morgan fingerprint density at radius 1 is 1.21 bits per heavy atom. The van der Waals surface area contributed by atoms with E-state index in [-0.39, 0.29) is 5.91 Å². The molecule has 19 heavy (non-hydrogen) atoms. The molecule has 0 spiro atoms. The Balaban J connectivity index is 2.49. The predicted molar refractivity (Wildman–Crippen MR) is 76.0 cm³/mol. The maximum Gasteiger partial charge on any atom is 0.221 e. The molecular weight excluding hydrogens is 244 g/mol. The van der Waals surface area contributed by atoms with Crippen molar-refractivity contribution in [1.82, 2.24) is 5.32 Å². The SMILES string of the molecule is CCCNC(=O)CCNc1cc(OC)ccc1OC. The van der Waals surface area contributed by atoms with Gasteiger partial charge in [0.1, 0.15) is 11.5 Å². The topological polar surface area (TPSA) is 59.6 Å². The molecule has 0 aromatic heterocycles. The molecule has 1 aromatic rings. The zero-order valence-corrected chi connectivity index (χ0v) is 11.8. The van der Waals surface area contributed by atoms with Gasteiger partial charge in [0.2, 0.25) is 5.91 Å². The molecule has 5 heteroatoms. The molecule has 0 unspecified atom stereocenters. The zero-order chi connectivity index (χ0) is 14.1. The van der Waals surface area contributed by atoms with Crippen LogP contribution >= 0.6 is 0 Å². The molecule has 0 aliphatic rings. The van der Waals surface area contributed by atoms with Gasteiger partial charge in [0, 0.05) is 25.6 Å². The number of methoxy groups -OCH3 is 2. The second kappa shape index (κ2) is 8.24. The van der Waals surface area contributed by atoms with Gasteiger partial charge in [0.25, 0.3) is 0 Å². The molecule has 0 saturated carbocycles. The molecule has 0 aliphatic carbocycles. The van der Waals surface area contributed by atoms with E-state index >= 15 is 0 Å². The summed E-state index contributed by atoms with van der Waals surface area (Å²) in [6.07, 6.45) is 1.38. The summed E-state index contributed by atoms with van der Waals surface area (Å²) < 4.78 is 10.4. The summed E-state index contributed by atoms with van der Waals surface area (Å²) in [5, 5.41) is 6.02. The van der Waals surface area contributed by atoms with Gasteiger partial charge in [-0.05, 0) is 18.6 Å². The van der Waals surface area contributed by atoms with Gasteiger partial charge in [0.15, 0.2) is 0 Å². The molecule has 1 aromatic carbocycles. The van der Waals surface area contributed by atoms with Crippen molar-refractivity contribution in [3.63, 3.8) is 0 Å². The van der Waals surface area contributed by atoms with Gasteiger partial charge in [0.05, 0.1) is 19.9 Å². The van der Waals surface area contributed by atoms with Crippen LogP contribution in [0.1, 0.15) is 19.8 Å². The maximum absolute atomic E-state index is 11.5. The molecule has 5 nitrogen and oxygen atoms in total. The summed E-state index contributed by atoms with van der Waals surface area (Å²) in [4.78, 5) is 11.5. The number of carbonyl (C=O) groups is 1. The molecule has 106 valence electrons. The van der Waals surface area contributed by atoms with Crippen LogP contribution in [0.3, 0.4) is 0 Å². The van der Waals surface area contributed by atoms with E-state index in [0.717, 1.165) is 30.2 Å². The Morgan fingerprint density at radius 2 is 2.00 bits per heavy atom. The van der Waals surface area contributed by atoms with E-state index in [2.05, 4.69) is 10.6 Å². The second-order valence-corrected chi connectivity index (χ2v) is 4.09. The number of anilines is 1. The average Bonchev–Trinajstić information content (AvgIpc) is 2.44. The van der Waals surface area contributed by atoms with Gasteiger partial charge >= 0.3 is 0 Å². The molecule has 0 aliphatic heterocycles. The first kappa shape index (κ1) is 15.1. The van der Waals surface area contributed by atoms with Crippen molar-refractivity contribution in [3.8, 4) is 11.5 Å². The number of rotatable bonds is 8. The molecule has 0 fully saturated rings. The van der Waals surface area contributed by atoms with Crippen LogP contribution in [-0.2, 0) is 4.79 Å². The molecule has 0 radical (unpaired) electrons. The van der Waals surface area contributed by atoms with Gasteiger partial charge in [-0.2, -0.15) is 0 Å². The number of hydrogen-bond acceptors (Lipinski definition) is 4. The minimum absolute atomic E-state index is 0.0520. The van der Waals surface area contributed by atoms with Crippen molar-refractivity contribution >= 4 is 11.6 Å². The number of benzene rings is 1. The lowest BCUT2D eigenvalue weighted by Gasteiger charge is -2.12. The van der Waals surface area contributed by atoms with Crippen molar-refractivity contribution in [2.24, 2.45) is 0 Å². The molecule has 0 atom stereocenters. The number of hydrogen-bond donors (Lipinski definition) is 2. The van der Waals surface area contributed by atoms with Crippen LogP contribution in [0.2, 0.25) is 0 Å². The van der Waals surface area contributed by atoms with Crippen LogP contribution in [0.25, 0.3) is 0 Å². The van der Waals surface area contributed by atoms with Crippen LogP contribution in [0, 0.1) is 0 Å². The highest BCUT2D eigenvalue weighted by Crippen LogP contribution is 2.28. The van der Waals surface area contributed by atoms with Crippen molar-refractivity contribution in [1.29, 1.82) is 0 Å². The van der Waals surface area contributed by atoms with E-state index in [0.29, 0.717) is 13.0 Å². The van der Waals surface area contributed by atoms with E-state index in [1.54, 1.807) is 14.2 Å². The fraction of sp³-hybridized carbons (Fsp3) is 0.500. The van der Waals surface area contributed by atoms with E-state index in [4.69, 9.17) is 9.47 Å². The summed E-state index contributed by atoms with van der Waals surface area (Å²) in [7, 11) is 3.23. The van der Waals surface area contributed by atoms with Crippen LogP contribution in [-0.4, -0.2) is 33.2 Å². The van der Waals surface area contributed by atoms with Crippen LogP contribution in [0.4, 0.5) is 5.69 Å². The monoisotopic (exact) mass is 266 g/mol. The molecule has 0 bridgehead atoms. The highest BCUT2D eigenvalue weighted by atomic mass is 16.5. The molecule has 2 N–H and O–H groups in total. The summed E-state index contributed by atoms with van der Waals surface area (Å²) in [5.74, 6) is 1.53. The largest absolute Gasteiger partial charge is 0.497 e. The third-order valence-corrected chi connectivity index (χ3v) is 2.65. The van der Waals surface area contributed by atoms with E-state index in [1.807, 2.05) is 25.1 Å². The van der Waals surface area contributed by atoms with Crippen molar-refractivity contribution < 1.29 is 14.3 Å². The molecule has 0 heterocycles. The van der Waals surface area contributed by atoms with Crippen molar-refractivity contribution in [2.75, 3.05) is 32.6 Å². The number of carbonyl (C=O) groups excluding carboxylic acids is 1. The predicted octanol–water partition coefficient (Wildman–Crippen LogP) is 2.03. The van der Waals surface area contributed by atoms with Gasteiger partial charge in [-0.15, -0.1) is 0 Å². The quantitative estimate of drug-likeness (QED) is 0.756. The van der Waals surface area contributed by atoms with Gasteiger partial charge in [-0.3, -0.25) is 4.79 Å². The average molecular weight is 266 g/mol. The van der Waals surface area contributed by atoms with Crippen LogP contribution < -0.4 is 20.1 Å². The Kier molecular flexibility index (Phi) is 6.57. The maximum atomic E-state index is 11.5. The molecule has 0 saturated heterocycles. The smallest absolute Gasteiger partial charge is 0.221 e. The summed E-state index contributed by atoms with van der Waals surface area (Å²) >= 11 is 0. The van der Waals surface area contributed by atoms with E-state index in [1.165, 1.54) is 0 Å². The molecule has 1 rings (SSSR count). The standard InChI is InChI=1S/C14H22N2O3/c1-4-8-16-14(17)7-9-15-12-10-11(18-2)5-6-13(12)19-3/h5-6,10,15H,4,7-9H2,1-3H3,(H,16,17). The van der Waals surface area contributed by atoms with Crippen LogP contribution in [0.5, 0.6) is 11.5 Å². The third-order valence-electron chi connectivity index (χ3n) is 2.65. The highest BCUT2D eigenvalue weighted by molar-refractivity contribution is 5.76. The Hall–Kier alpha value is -1.91. The summed E-state index contributed by atoms with van der Waals surface area (Å²) in [5.41, 5.74) is 0.824. The molecular formula is C14H22N2O3. The number of nitrogens with one attached hydrogen (secondary N) is 2. The van der Waals surface area contributed by atoms with Gasteiger partial charge < -0.3 is 20.1 Å². The lowest BCUT2D eigenvalue weighted by atomic mass is 10.2. The van der Waals surface area contributed by atoms with E-state index < -0.39 is 0 Å². The Morgan fingerprint density at radius 3 is 2.63 bits per heavy atom. The highest BCUT2D eigenvalue weighted by Gasteiger charge is 2.05. The fourth-order valence-electron chi connectivity index (χ4n) is 1.62. The van der Waals surface area contributed by atoms with E-state index in [9.17, 15) is 4.79 Å². The number of ether oxygens (including phenoxy) is 2. The summed E-state index contributed by atoms with van der Waals surface area (Å²) in [6, 6.07) is 5.51. The minimum atomic E-state index is 0.0520. The Labute approximate surface area is 114 Å². The van der Waals surface area contributed by atoms with Gasteiger partial charge in [-0.1, -0.05) is 6.92 Å². The van der Waals surface area contributed by atoms with Crippen molar-refractivity contribution in [3.05, 3.63) is 18.2 Å². The van der Waals surface area contributed by atoms with Crippen LogP contribution in [0.15, 0.2) is 18.2 Å². The zero-order valence-electron chi connectivity index (χ0n) is 11.8. The summed E-state index contributed by atoms with van der Waals surface area (Å²) in [6.45, 7) is 3.31.